The number of carbonyl (C=O) groups excluding carboxylic acids is 4. The van der Waals surface area contributed by atoms with Crippen LogP contribution in [0.15, 0.2) is 0 Å². The monoisotopic (exact) mass is 300 g/mol. The predicted molar refractivity (Wildman–Crippen MR) is 71.1 cm³/mol. The maximum atomic E-state index is 11.7. The number of rotatable bonds is 5. The number of carbonyl (C=O) groups is 4. The zero-order valence-corrected chi connectivity index (χ0v) is 12.2. The summed E-state index contributed by atoms with van der Waals surface area (Å²) in [4.78, 5) is 46.4. The summed E-state index contributed by atoms with van der Waals surface area (Å²) in [5, 5.41) is 2.25. The second-order valence-electron chi connectivity index (χ2n) is 4.79. The fraction of sp³-hybridized carbons (Fsp3) is 0.692. The number of Topliss-reactive ketones (excluding diaryl/α,β-unsaturated/α-hetero) is 1. The van der Waals surface area contributed by atoms with Gasteiger partial charge in [-0.05, 0) is 12.8 Å². The molecule has 0 aromatic rings. The van der Waals surface area contributed by atoms with Gasteiger partial charge >= 0.3 is 12.1 Å². The third-order valence-corrected chi connectivity index (χ3v) is 3.16. The van der Waals surface area contributed by atoms with Crippen LogP contribution in [-0.4, -0.2) is 55.1 Å². The lowest BCUT2D eigenvalue weighted by molar-refractivity contribution is -0.152. The van der Waals surface area contributed by atoms with Crippen molar-refractivity contribution in [1.82, 2.24) is 10.2 Å². The summed E-state index contributed by atoms with van der Waals surface area (Å²) < 4.78 is 9.38. The first-order valence-corrected chi connectivity index (χ1v) is 6.74. The molecule has 1 N–H and O–H groups in total. The van der Waals surface area contributed by atoms with Gasteiger partial charge < -0.3 is 19.7 Å². The Bertz CT molecular complexity index is 423. The molecule has 1 atom stereocenters. The number of esters is 1. The Hall–Kier alpha value is -2.12. The van der Waals surface area contributed by atoms with Gasteiger partial charge in [-0.25, -0.2) is 4.79 Å². The maximum Gasteiger partial charge on any atom is 0.413 e. The first-order valence-electron chi connectivity index (χ1n) is 6.74. The number of amides is 2. The van der Waals surface area contributed by atoms with Crippen molar-refractivity contribution in [3.8, 4) is 0 Å². The average molecular weight is 300 g/mol. The Balaban J connectivity index is 2.28. The second-order valence-corrected chi connectivity index (χ2v) is 4.79. The Kier molecular flexibility index (Phi) is 6.64. The van der Waals surface area contributed by atoms with Crippen LogP contribution in [0.3, 0.4) is 0 Å². The van der Waals surface area contributed by atoms with Crippen molar-refractivity contribution in [2.24, 2.45) is 0 Å². The summed E-state index contributed by atoms with van der Waals surface area (Å²) in [7, 11) is 1.48. The lowest BCUT2D eigenvalue weighted by atomic mass is 9.93. The number of ether oxygens (including phenoxy) is 2. The van der Waals surface area contributed by atoms with E-state index in [1.807, 2.05) is 0 Å². The van der Waals surface area contributed by atoms with E-state index in [1.165, 1.54) is 18.9 Å². The first-order chi connectivity index (χ1) is 9.91. The molecule has 1 saturated carbocycles. The molecular formula is C13H20N2O6. The third kappa shape index (κ3) is 5.80. The van der Waals surface area contributed by atoms with Gasteiger partial charge in [-0.3, -0.25) is 14.4 Å². The minimum atomic E-state index is -0.720. The van der Waals surface area contributed by atoms with E-state index in [2.05, 4.69) is 10.1 Å². The Labute approximate surface area is 122 Å². The normalized spacial score (nSPS) is 17.8. The molecule has 1 fully saturated rings. The molecule has 1 aliphatic rings. The molecule has 0 saturated heterocycles. The van der Waals surface area contributed by atoms with Crippen molar-refractivity contribution in [2.45, 2.75) is 38.6 Å². The Morgan fingerprint density at radius 1 is 1.29 bits per heavy atom. The fourth-order valence-electron chi connectivity index (χ4n) is 2.00. The van der Waals surface area contributed by atoms with Crippen molar-refractivity contribution in [2.75, 3.05) is 20.4 Å². The molecule has 118 valence electrons. The minimum absolute atomic E-state index is 0.0170. The van der Waals surface area contributed by atoms with E-state index in [9.17, 15) is 19.2 Å². The highest BCUT2D eigenvalue weighted by Crippen LogP contribution is 2.19. The van der Waals surface area contributed by atoms with E-state index >= 15 is 0 Å². The lowest BCUT2D eigenvalue weighted by Crippen LogP contribution is -2.44. The molecule has 0 aromatic heterocycles. The van der Waals surface area contributed by atoms with Crippen LogP contribution in [0.25, 0.3) is 0 Å². The largest absolute Gasteiger partial charge is 0.426 e. The van der Waals surface area contributed by atoms with E-state index < -0.39 is 24.9 Å². The van der Waals surface area contributed by atoms with Crippen LogP contribution in [0.4, 0.5) is 4.79 Å². The quantitative estimate of drug-likeness (QED) is 0.575. The average Bonchev–Trinajstić information content (AvgIpc) is 2.44. The van der Waals surface area contributed by atoms with Crippen molar-refractivity contribution in [3.05, 3.63) is 0 Å². The molecule has 1 aliphatic carbocycles. The van der Waals surface area contributed by atoms with E-state index in [1.54, 1.807) is 0 Å². The van der Waals surface area contributed by atoms with Crippen LogP contribution >= 0.6 is 0 Å². The van der Waals surface area contributed by atoms with E-state index in [4.69, 9.17) is 4.74 Å². The first kappa shape index (κ1) is 16.9. The molecule has 21 heavy (non-hydrogen) atoms. The SMILES string of the molecule is CC(=O)NCC(=O)OCOC(=O)N(C)[C@@H]1CCCCC1=O. The highest BCUT2D eigenvalue weighted by Gasteiger charge is 2.29. The van der Waals surface area contributed by atoms with Gasteiger partial charge in [0.1, 0.15) is 6.54 Å². The summed E-state index contributed by atoms with van der Waals surface area (Å²) in [6.07, 6.45) is 2.10. The molecule has 8 heteroatoms. The molecular weight excluding hydrogens is 280 g/mol. The Morgan fingerprint density at radius 2 is 2.00 bits per heavy atom. The number of nitrogens with zero attached hydrogens (tertiary/aromatic N) is 1. The van der Waals surface area contributed by atoms with Gasteiger partial charge in [0.25, 0.3) is 0 Å². The van der Waals surface area contributed by atoms with Gasteiger partial charge in [0.05, 0.1) is 6.04 Å². The van der Waals surface area contributed by atoms with Crippen LogP contribution in [0.2, 0.25) is 0 Å². The van der Waals surface area contributed by atoms with Crippen LogP contribution < -0.4 is 5.32 Å². The van der Waals surface area contributed by atoms with Gasteiger partial charge in [0, 0.05) is 20.4 Å². The molecule has 0 bridgehead atoms. The molecule has 8 nitrogen and oxygen atoms in total. The van der Waals surface area contributed by atoms with Crippen molar-refractivity contribution >= 4 is 23.8 Å². The zero-order valence-electron chi connectivity index (χ0n) is 12.2. The molecule has 0 spiro atoms. The van der Waals surface area contributed by atoms with Gasteiger partial charge in [-0.2, -0.15) is 0 Å². The Morgan fingerprint density at radius 3 is 2.62 bits per heavy atom. The van der Waals surface area contributed by atoms with Crippen molar-refractivity contribution < 1.29 is 28.7 Å². The van der Waals surface area contributed by atoms with Crippen LogP contribution in [-0.2, 0) is 23.9 Å². The highest BCUT2D eigenvalue weighted by atomic mass is 16.7. The smallest absolute Gasteiger partial charge is 0.413 e. The van der Waals surface area contributed by atoms with Crippen LogP contribution in [0.1, 0.15) is 32.6 Å². The number of hydrogen-bond acceptors (Lipinski definition) is 6. The number of likely N-dealkylation sites (N-methyl/N-ethyl adjacent to an activating group) is 1. The van der Waals surface area contributed by atoms with E-state index in [-0.39, 0.29) is 18.2 Å². The highest BCUT2D eigenvalue weighted by molar-refractivity contribution is 5.87. The molecule has 1 rings (SSSR count). The molecule has 0 aliphatic heterocycles. The summed E-state index contributed by atoms with van der Waals surface area (Å²) in [6.45, 7) is 0.426. The summed E-state index contributed by atoms with van der Waals surface area (Å²) in [6, 6.07) is -0.471. The predicted octanol–water partition coefficient (Wildman–Crippen LogP) is 0.203. The van der Waals surface area contributed by atoms with Gasteiger partial charge in [0.15, 0.2) is 5.78 Å². The molecule has 2 amide bonds. The second kappa shape index (κ2) is 8.23. The number of hydrogen-bond donors (Lipinski definition) is 1. The molecule has 0 heterocycles. The standard InChI is InChI=1S/C13H20N2O6/c1-9(16)14-7-12(18)20-8-21-13(19)15(2)10-5-3-4-6-11(10)17/h10H,3-8H2,1-2H3,(H,14,16)/t10-/m1/s1. The zero-order chi connectivity index (χ0) is 15.8. The molecule has 0 radical (unpaired) electrons. The van der Waals surface area contributed by atoms with E-state index in [0.717, 1.165) is 12.8 Å². The summed E-state index contributed by atoms with van der Waals surface area (Å²) >= 11 is 0. The lowest BCUT2D eigenvalue weighted by Gasteiger charge is -2.29. The topological polar surface area (TPSA) is 102 Å². The van der Waals surface area contributed by atoms with Gasteiger partial charge in [0.2, 0.25) is 12.7 Å². The van der Waals surface area contributed by atoms with Gasteiger partial charge in [-0.1, -0.05) is 6.42 Å². The van der Waals surface area contributed by atoms with Crippen molar-refractivity contribution in [1.29, 1.82) is 0 Å². The maximum absolute atomic E-state index is 11.7. The summed E-state index contributed by atoms with van der Waals surface area (Å²) in [5.41, 5.74) is 0. The fourth-order valence-corrected chi connectivity index (χ4v) is 2.00. The van der Waals surface area contributed by atoms with Crippen LogP contribution in [0, 0.1) is 0 Å². The molecule has 0 aromatic carbocycles. The van der Waals surface area contributed by atoms with Crippen LogP contribution in [0.5, 0.6) is 0 Å². The third-order valence-electron chi connectivity index (χ3n) is 3.16. The van der Waals surface area contributed by atoms with Crippen molar-refractivity contribution in [3.63, 3.8) is 0 Å². The number of nitrogens with one attached hydrogen (secondary N) is 1. The van der Waals surface area contributed by atoms with Gasteiger partial charge in [-0.15, -0.1) is 0 Å². The summed E-state index contributed by atoms with van der Waals surface area (Å²) in [5.74, 6) is -1.06. The minimum Gasteiger partial charge on any atom is -0.426 e. The number of ketones is 1. The van der Waals surface area contributed by atoms with E-state index in [0.29, 0.717) is 12.8 Å². The molecule has 0 unspecified atom stereocenters.